The molecule has 20 heavy (non-hydrogen) atoms. The second kappa shape index (κ2) is 5.91. The standard InChI is InChI=1S/C14H16ClN3O2/c1-10-16-17-14(20-10)9-18-6-7-19-13(8-18)11-2-4-12(15)5-3-11/h2-5,13H,6-9H2,1H3/t13-/m1/s1. The van der Waals surface area contributed by atoms with E-state index in [-0.39, 0.29) is 6.10 Å². The minimum absolute atomic E-state index is 0.0602. The van der Waals surface area contributed by atoms with Crippen molar-refractivity contribution in [2.24, 2.45) is 0 Å². The predicted octanol–water partition coefficient (Wildman–Crippen LogP) is 2.60. The zero-order valence-corrected chi connectivity index (χ0v) is 12.0. The van der Waals surface area contributed by atoms with Crippen molar-refractivity contribution < 1.29 is 9.15 Å². The van der Waals surface area contributed by atoms with E-state index in [4.69, 9.17) is 20.8 Å². The summed E-state index contributed by atoms with van der Waals surface area (Å²) in [5, 5.41) is 8.62. The summed E-state index contributed by atoms with van der Waals surface area (Å²) in [7, 11) is 0. The smallest absolute Gasteiger partial charge is 0.230 e. The number of halogens is 1. The first kappa shape index (κ1) is 13.5. The molecule has 5 nitrogen and oxygen atoms in total. The van der Waals surface area contributed by atoms with Crippen LogP contribution in [-0.2, 0) is 11.3 Å². The highest BCUT2D eigenvalue weighted by atomic mass is 35.5. The van der Waals surface area contributed by atoms with Crippen molar-refractivity contribution in [1.29, 1.82) is 0 Å². The van der Waals surface area contributed by atoms with Crippen molar-refractivity contribution in [1.82, 2.24) is 15.1 Å². The van der Waals surface area contributed by atoms with Crippen LogP contribution in [0, 0.1) is 6.92 Å². The zero-order chi connectivity index (χ0) is 13.9. The average molecular weight is 294 g/mol. The maximum Gasteiger partial charge on any atom is 0.230 e. The molecular weight excluding hydrogens is 278 g/mol. The molecule has 6 heteroatoms. The number of hydrogen-bond donors (Lipinski definition) is 0. The molecule has 1 atom stereocenters. The van der Waals surface area contributed by atoms with Crippen LogP contribution in [0.4, 0.5) is 0 Å². The number of hydrogen-bond acceptors (Lipinski definition) is 5. The van der Waals surface area contributed by atoms with E-state index < -0.39 is 0 Å². The molecule has 2 heterocycles. The van der Waals surface area contributed by atoms with Crippen LogP contribution in [-0.4, -0.2) is 34.8 Å². The minimum Gasteiger partial charge on any atom is -0.424 e. The number of aromatic nitrogens is 2. The lowest BCUT2D eigenvalue weighted by Crippen LogP contribution is -2.37. The van der Waals surface area contributed by atoms with Gasteiger partial charge in [0.1, 0.15) is 0 Å². The Kier molecular flexibility index (Phi) is 4.00. The molecule has 0 amide bonds. The van der Waals surface area contributed by atoms with E-state index in [1.165, 1.54) is 0 Å². The van der Waals surface area contributed by atoms with Gasteiger partial charge >= 0.3 is 0 Å². The molecule has 0 radical (unpaired) electrons. The summed E-state index contributed by atoms with van der Waals surface area (Å²) in [6.45, 7) is 4.83. The molecule has 1 aliphatic rings. The number of nitrogens with zero attached hydrogens (tertiary/aromatic N) is 3. The molecule has 1 aromatic carbocycles. The van der Waals surface area contributed by atoms with Crippen LogP contribution >= 0.6 is 11.6 Å². The highest BCUT2D eigenvalue weighted by molar-refractivity contribution is 6.30. The molecule has 0 unspecified atom stereocenters. The van der Waals surface area contributed by atoms with E-state index in [1.807, 2.05) is 24.3 Å². The monoisotopic (exact) mass is 293 g/mol. The average Bonchev–Trinajstić information content (AvgIpc) is 2.85. The lowest BCUT2D eigenvalue weighted by Gasteiger charge is -2.32. The highest BCUT2D eigenvalue weighted by Gasteiger charge is 2.23. The maximum absolute atomic E-state index is 5.91. The first-order chi connectivity index (χ1) is 9.70. The van der Waals surface area contributed by atoms with Crippen LogP contribution < -0.4 is 0 Å². The largest absolute Gasteiger partial charge is 0.424 e. The lowest BCUT2D eigenvalue weighted by molar-refractivity contribution is -0.0352. The van der Waals surface area contributed by atoms with Gasteiger partial charge in [-0.3, -0.25) is 4.90 Å². The van der Waals surface area contributed by atoms with Gasteiger partial charge in [0.25, 0.3) is 0 Å². The zero-order valence-electron chi connectivity index (χ0n) is 11.3. The van der Waals surface area contributed by atoms with Gasteiger partial charge in [0.05, 0.1) is 19.3 Å². The highest BCUT2D eigenvalue weighted by Crippen LogP contribution is 2.24. The molecule has 1 aliphatic heterocycles. The van der Waals surface area contributed by atoms with E-state index in [2.05, 4.69) is 15.1 Å². The van der Waals surface area contributed by atoms with Crippen LogP contribution in [0.1, 0.15) is 23.4 Å². The molecule has 0 spiro atoms. The van der Waals surface area contributed by atoms with Gasteiger partial charge in [-0.05, 0) is 17.7 Å². The topological polar surface area (TPSA) is 51.4 Å². The number of ether oxygens (including phenoxy) is 1. The van der Waals surface area contributed by atoms with E-state index in [0.29, 0.717) is 24.9 Å². The van der Waals surface area contributed by atoms with Gasteiger partial charge in [0, 0.05) is 25.0 Å². The fourth-order valence-corrected chi connectivity index (χ4v) is 2.44. The Morgan fingerprint density at radius 1 is 1.30 bits per heavy atom. The minimum atomic E-state index is 0.0602. The first-order valence-electron chi connectivity index (χ1n) is 6.59. The van der Waals surface area contributed by atoms with Crippen LogP contribution in [0.25, 0.3) is 0 Å². The van der Waals surface area contributed by atoms with Crippen molar-refractivity contribution in [2.75, 3.05) is 19.7 Å². The Bertz CT molecular complexity index is 570. The quantitative estimate of drug-likeness (QED) is 0.870. The van der Waals surface area contributed by atoms with Gasteiger partial charge in [0.15, 0.2) is 0 Å². The van der Waals surface area contributed by atoms with Crippen molar-refractivity contribution >= 4 is 11.6 Å². The molecule has 3 rings (SSSR count). The predicted molar refractivity (Wildman–Crippen MR) is 74.5 cm³/mol. The molecule has 0 saturated carbocycles. The van der Waals surface area contributed by atoms with Gasteiger partial charge in [-0.25, -0.2) is 0 Å². The van der Waals surface area contributed by atoms with Crippen molar-refractivity contribution in [3.63, 3.8) is 0 Å². The fourth-order valence-electron chi connectivity index (χ4n) is 2.32. The van der Waals surface area contributed by atoms with Crippen molar-refractivity contribution in [3.8, 4) is 0 Å². The SMILES string of the molecule is Cc1nnc(CN2CCO[C@@H](c3ccc(Cl)cc3)C2)o1. The second-order valence-corrected chi connectivity index (χ2v) is 5.30. The third kappa shape index (κ3) is 3.17. The number of morpholine rings is 1. The summed E-state index contributed by atoms with van der Waals surface area (Å²) < 4.78 is 11.2. The molecule has 0 N–H and O–H groups in total. The van der Waals surface area contributed by atoms with Gasteiger partial charge in [-0.15, -0.1) is 10.2 Å². The van der Waals surface area contributed by atoms with Gasteiger partial charge in [-0.1, -0.05) is 23.7 Å². The number of benzene rings is 1. The Balaban J connectivity index is 1.65. The molecule has 1 saturated heterocycles. The summed E-state index contributed by atoms with van der Waals surface area (Å²) >= 11 is 5.91. The third-order valence-electron chi connectivity index (χ3n) is 3.32. The molecule has 0 aliphatic carbocycles. The van der Waals surface area contributed by atoms with Crippen LogP contribution in [0.3, 0.4) is 0 Å². The van der Waals surface area contributed by atoms with E-state index in [9.17, 15) is 0 Å². The Morgan fingerprint density at radius 2 is 2.10 bits per heavy atom. The Morgan fingerprint density at radius 3 is 2.80 bits per heavy atom. The summed E-state index contributed by atoms with van der Waals surface area (Å²) in [5.41, 5.74) is 1.14. The van der Waals surface area contributed by atoms with Crippen LogP contribution in [0.15, 0.2) is 28.7 Å². The van der Waals surface area contributed by atoms with E-state index in [0.717, 1.165) is 23.7 Å². The first-order valence-corrected chi connectivity index (χ1v) is 6.97. The second-order valence-electron chi connectivity index (χ2n) is 4.86. The summed E-state index contributed by atoms with van der Waals surface area (Å²) in [4.78, 5) is 2.26. The molecular formula is C14H16ClN3O2. The van der Waals surface area contributed by atoms with Gasteiger partial charge in [0.2, 0.25) is 11.8 Å². The van der Waals surface area contributed by atoms with Crippen molar-refractivity contribution in [3.05, 3.63) is 46.6 Å². The van der Waals surface area contributed by atoms with E-state index >= 15 is 0 Å². The summed E-state index contributed by atoms with van der Waals surface area (Å²) in [5.74, 6) is 1.25. The maximum atomic E-state index is 5.91. The van der Waals surface area contributed by atoms with Crippen LogP contribution in [0.2, 0.25) is 5.02 Å². The Labute approximate surface area is 122 Å². The van der Waals surface area contributed by atoms with Gasteiger partial charge in [-0.2, -0.15) is 0 Å². The lowest BCUT2D eigenvalue weighted by atomic mass is 10.1. The summed E-state index contributed by atoms with van der Waals surface area (Å²) in [6, 6.07) is 7.79. The van der Waals surface area contributed by atoms with Gasteiger partial charge < -0.3 is 9.15 Å². The molecule has 2 aromatic rings. The van der Waals surface area contributed by atoms with Crippen LogP contribution in [0.5, 0.6) is 0 Å². The Hall–Kier alpha value is -1.43. The molecule has 106 valence electrons. The third-order valence-corrected chi connectivity index (χ3v) is 3.57. The van der Waals surface area contributed by atoms with E-state index in [1.54, 1.807) is 6.92 Å². The fraction of sp³-hybridized carbons (Fsp3) is 0.429. The summed E-state index contributed by atoms with van der Waals surface area (Å²) in [6.07, 6.45) is 0.0602. The number of aryl methyl sites for hydroxylation is 1. The normalized spacial score (nSPS) is 20.2. The molecule has 1 aromatic heterocycles. The molecule has 1 fully saturated rings. The number of rotatable bonds is 3. The van der Waals surface area contributed by atoms with Crippen molar-refractivity contribution in [2.45, 2.75) is 19.6 Å². The molecule has 0 bridgehead atoms.